The SMILES string of the molecule is COCC(C)Oc1ccc(N)c2cc(Br)cnc12. The van der Waals surface area contributed by atoms with Gasteiger partial charge in [-0.3, -0.25) is 4.98 Å². The molecule has 0 radical (unpaired) electrons. The molecule has 0 aliphatic rings. The van der Waals surface area contributed by atoms with Crippen LogP contribution in [0, 0.1) is 0 Å². The van der Waals surface area contributed by atoms with E-state index in [1.54, 1.807) is 13.3 Å². The van der Waals surface area contributed by atoms with Gasteiger partial charge in [0.05, 0.1) is 6.61 Å². The van der Waals surface area contributed by atoms with Gasteiger partial charge in [-0.15, -0.1) is 0 Å². The van der Waals surface area contributed by atoms with Crippen LogP contribution in [0.2, 0.25) is 0 Å². The molecule has 2 N–H and O–H groups in total. The molecule has 0 aliphatic heterocycles. The third-order valence-corrected chi connectivity index (χ3v) is 2.98. The lowest BCUT2D eigenvalue weighted by Gasteiger charge is -2.15. The summed E-state index contributed by atoms with van der Waals surface area (Å²) in [5.41, 5.74) is 7.39. The molecule has 1 unspecified atom stereocenters. The van der Waals surface area contributed by atoms with Crippen molar-refractivity contribution in [2.24, 2.45) is 0 Å². The van der Waals surface area contributed by atoms with Crippen LogP contribution in [0.5, 0.6) is 5.75 Å². The number of methoxy groups -OCH3 is 1. The first-order valence-electron chi connectivity index (χ1n) is 5.61. The zero-order valence-corrected chi connectivity index (χ0v) is 11.9. The quantitative estimate of drug-likeness (QED) is 0.882. The van der Waals surface area contributed by atoms with Gasteiger partial charge in [0.2, 0.25) is 0 Å². The second kappa shape index (κ2) is 5.54. The molecule has 18 heavy (non-hydrogen) atoms. The Bertz CT molecular complexity index is 560. The number of pyridine rings is 1. The van der Waals surface area contributed by atoms with Gasteiger partial charge in [-0.25, -0.2) is 0 Å². The molecule has 0 amide bonds. The minimum absolute atomic E-state index is 0.0349. The molecule has 1 aromatic carbocycles. The largest absolute Gasteiger partial charge is 0.486 e. The monoisotopic (exact) mass is 310 g/mol. The number of benzene rings is 1. The number of ether oxygens (including phenoxy) is 2. The van der Waals surface area contributed by atoms with E-state index in [9.17, 15) is 0 Å². The molecule has 4 nitrogen and oxygen atoms in total. The third-order valence-electron chi connectivity index (χ3n) is 2.54. The summed E-state index contributed by atoms with van der Waals surface area (Å²) in [5, 5.41) is 0.881. The summed E-state index contributed by atoms with van der Waals surface area (Å²) in [7, 11) is 1.65. The van der Waals surface area contributed by atoms with E-state index in [1.807, 2.05) is 25.1 Å². The molecule has 96 valence electrons. The lowest BCUT2D eigenvalue weighted by Crippen LogP contribution is -2.18. The van der Waals surface area contributed by atoms with Crippen LogP contribution in [0.25, 0.3) is 10.9 Å². The molecule has 5 heteroatoms. The number of halogens is 1. The Hall–Kier alpha value is -1.33. The number of aromatic nitrogens is 1. The van der Waals surface area contributed by atoms with E-state index >= 15 is 0 Å². The van der Waals surface area contributed by atoms with E-state index in [4.69, 9.17) is 15.2 Å². The van der Waals surface area contributed by atoms with Crippen molar-refractivity contribution < 1.29 is 9.47 Å². The van der Waals surface area contributed by atoms with E-state index in [1.165, 1.54) is 0 Å². The molecule has 0 aliphatic carbocycles. The van der Waals surface area contributed by atoms with Gasteiger partial charge in [0, 0.05) is 28.9 Å². The Kier molecular flexibility index (Phi) is 4.04. The normalized spacial score (nSPS) is 12.6. The molecule has 1 aromatic heterocycles. The molecule has 0 fully saturated rings. The van der Waals surface area contributed by atoms with Gasteiger partial charge in [0.15, 0.2) is 0 Å². The summed E-state index contributed by atoms with van der Waals surface area (Å²) in [5.74, 6) is 0.719. The highest BCUT2D eigenvalue weighted by atomic mass is 79.9. The average Bonchev–Trinajstić information content (AvgIpc) is 2.33. The fourth-order valence-electron chi connectivity index (χ4n) is 1.77. The summed E-state index contributed by atoms with van der Waals surface area (Å²) >= 11 is 3.39. The van der Waals surface area contributed by atoms with Crippen molar-refractivity contribution in [1.29, 1.82) is 0 Å². The Morgan fingerprint density at radius 3 is 2.94 bits per heavy atom. The molecule has 1 atom stereocenters. The Morgan fingerprint density at radius 2 is 2.22 bits per heavy atom. The minimum atomic E-state index is -0.0349. The molecule has 2 aromatic rings. The maximum atomic E-state index is 5.94. The summed E-state index contributed by atoms with van der Waals surface area (Å²) in [6.07, 6.45) is 1.70. The molecule has 1 heterocycles. The number of nitrogens with zero attached hydrogens (tertiary/aromatic N) is 1. The molecule has 2 rings (SSSR count). The van der Waals surface area contributed by atoms with E-state index in [0.717, 1.165) is 21.1 Å². The average molecular weight is 311 g/mol. The lowest BCUT2D eigenvalue weighted by atomic mass is 10.1. The van der Waals surface area contributed by atoms with Crippen molar-refractivity contribution in [3.8, 4) is 5.75 Å². The second-order valence-corrected chi connectivity index (χ2v) is 5.00. The Morgan fingerprint density at radius 1 is 1.44 bits per heavy atom. The van der Waals surface area contributed by atoms with Crippen molar-refractivity contribution in [3.63, 3.8) is 0 Å². The molecule has 0 saturated heterocycles. The molecular formula is C13H15BrN2O2. The summed E-state index contributed by atoms with van der Waals surface area (Å²) in [4.78, 5) is 4.36. The topological polar surface area (TPSA) is 57.4 Å². The van der Waals surface area contributed by atoms with Crippen molar-refractivity contribution in [2.45, 2.75) is 13.0 Å². The maximum absolute atomic E-state index is 5.94. The fourth-order valence-corrected chi connectivity index (χ4v) is 2.10. The van der Waals surface area contributed by atoms with Gasteiger partial charge in [-0.05, 0) is 41.1 Å². The van der Waals surface area contributed by atoms with Crippen LogP contribution in [0.4, 0.5) is 5.69 Å². The van der Waals surface area contributed by atoms with Crippen LogP contribution in [-0.2, 0) is 4.74 Å². The van der Waals surface area contributed by atoms with Gasteiger partial charge >= 0.3 is 0 Å². The summed E-state index contributed by atoms with van der Waals surface area (Å²) in [6, 6.07) is 5.60. The number of hydrogen-bond acceptors (Lipinski definition) is 4. The van der Waals surface area contributed by atoms with Gasteiger partial charge in [-0.2, -0.15) is 0 Å². The Balaban J connectivity index is 2.42. The van der Waals surface area contributed by atoms with Crippen LogP contribution in [0.15, 0.2) is 28.9 Å². The van der Waals surface area contributed by atoms with E-state index in [-0.39, 0.29) is 6.10 Å². The van der Waals surface area contributed by atoms with Crippen molar-refractivity contribution in [1.82, 2.24) is 4.98 Å². The van der Waals surface area contributed by atoms with Gasteiger partial charge < -0.3 is 15.2 Å². The highest BCUT2D eigenvalue weighted by Gasteiger charge is 2.10. The van der Waals surface area contributed by atoms with Crippen LogP contribution >= 0.6 is 15.9 Å². The first kappa shape index (κ1) is 13.1. The number of rotatable bonds is 4. The predicted molar refractivity (Wildman–Crippen MR) is 75.8 cm³/mol. The van der Waals surface area contributed by atoms with Crippen LogP contribution in [0.1, 0.15) is 6.92 Å². The standard InChI is InChI=1S/C13H15BrN2O2/c1-8(7-17-2)18-12-4-3-11(15)10-5-9(14)6-16-13(10)12/h3-6,8H,7,15H2,1-2H3. The number of anilines is 1. The van der Waals surface area contributed by atoms with Crippen molar-refractivity contribution in [3.05, 3.63) is 28.9 Å². The highest BCUT2D eigenvalue weighted by molar-refractivity contribution is 9.10. The van der Waals surface area contributed by atoms with E-state index < -0.39 is 0 Å². The molecular weight excluding hydrogens is 296 g/mol. The second-order valence-electron chi connectivity index (χ2n) is 4.09. The predicted octanol–water partition coefficient (Wildman–Crippen LogP) is 2.99. The number of hydrogen-bond donors (Lipinski definition) is 1. The van der Waals surface area contributed by atoms with Crippen LogP contribution < -0.4 is 10.5 Å². The number of fused-ring (bicyclic) bond motifs is 1. The lowest BCUT2D eigenvalue weighted by molar-refractivity contribution is 0.0930. The van der Waals surface area contributed by atoms with Crippen molar-refractivity contribution >= 4 is 32.5 Å². The first-order valence-corrected chi connectivity index (χ1v) is 6.40. The van der Waals surface area contributed by atoms with Crippen molar-refractivity contribution in [2.75, 3.05) is 19.5 Å². The van der Waals surface area contributed by atoms with Gasteiger partial charge in [0.25, 0.3) is 0 Å². The first-order chi connectivity index (χ1) is 8.61. The van der Waals surface area contributed by atoms with Gasteiger partial charge in [0.1, 0.15) is 17.4 Å². The molecule has 0 bridgehead atoms. The minimum Gasteiger partial charge on any atom is -0.486 e. The fraction of sp³-hybridized carbons (Fsp3) is 0.308. The molecule has 0 spiro atoms. The zero-order valence-electron chi connectivity index (χ0n) is 10.3. The van der Waals surface area contributed by atoms with E-state index in [2.05, 4.69) is 20.9 Å². The third kappa shape index (κ3) is 2.73. The van der Waals surface area contributed by atoms with E-state index in [0.29, 0.717) is 12.3 Å². The smallest absolute Gasteiger partial charge is 0.146 e. The highest BCUT2D eigenvalue weighted by Crippen LogP contribution is 2.30. The Labute approximate surface area is 114 Å². The summed E-state index contributed by atoms with van der Waals surface area (Å²) in [6.45, 7) is 2.48. The molecule has 0 saturated carbocycles. The maximum Gasteiger partial charge on any atom is 0.146 e. The van der Waals surface area contributed by atoms with Crippen LogP contribution in [-0.4, -0.2) is 24.8 Å². The van der Waals surface area contributed by atoms with Gasteiger partial charge in [-0.1, -0.05) is 0 Å². The zero-order chi connectivity index (χ0) is 13.1. The van der Waals surface area contributed by atoms with Crippen LogP contribution in [0.3, 0.4) is 0 Å². The summed E-state index contributed by atoms with van der Waals surface area (Å²) < 4.78 is 11.8. The number of nitrogen functional groups attached to an aromatic ring is 1. The number of nitrogens with two attached hydrogens (primary N) is 1.